The highest BCUT2D eigenvalue weighted by Gasteiger charge is 2.38. The number of hydrogen-bond acceptors (Lipinski definition) is 4. The van der Waals surface area contributed by atoms with Gasteiger partial charge in [0.05, 0.1) is 12.7 Å². The van der Waals surface area contributed by atoms with Crippen LogP contribution in [-0.2, 0) is 10.4 Å². The molecule has 2 rings (SSSR count). The topological polar surface area (TPSA) is 82.1 Å². The Morgan fingerprint density at radius 1 is 1.45 bits per heavy atom. The summed E-state index contributed by atoms with van der Waals surface area (Å²) in [5, 5.41) is 21.0. The van der Waals surface area contributed by atoms with E-state index in [4.69, 9.17) is 0 Å². The predicted octanol–water partition coefficient (Wildman–Crippen LogP) is 2.14. The van der Waals surface area contributed by atoms with Crippen molar-refractivity contribution in [1.29, 1.82) is 0 Å². The van der Waals surface area contributed by atoms with Gasteiger partial charge in [0.25, 0.3) is 0 Å². The Hall–Kier alpha value is -1.69. The number of β-amino-alcohol motifs (C(OH)–C–C–N with tert-alkyl or cyclic N) is 1. The molecule has 6 nitrogen and oxygen atoms in total. The Labute approximate surface area is 131 Å². The molecule has 2 heterocycles. The third-order valence-electron chi connectivity index (χ3n) is 4.14. The van der Waals surface area contributed by atoms with E-state index in [9.17, 15) is 9.90 Å². The van der Waals surface area contributed by atoms with Crippen LogP contribution in [0.3, 0.4) is 0 Å². The van der Waals surface area contributed by atoms with Crippen LogP contribution in [0.25, 0.3) is 0 Å². The second kappa shape index (κ2) is 7.54. The number of piperidine rings is 1. The molecule has 1 aliphatic rings. The number of carbonyl (C=O) groups excluding carboxylic acids is 1. The van der Waals surface area contributed by atoms with E-state index in [1.54, 1.807) is 11.0 Å². The Kier molecular flexibility index (Phi) is 5.71. The summed E-state index contributed by atoms with van der Waals surface area (Å²) in [6, 6.07) is 0. The lowest BCUT2D eigenvalue weighted by Crippen LogP contribution is -2.48. The van der Waals surface area contributed by atoms with Crippen molar-refractivity contribution in [1.82, 2.24) is 20.3 Å². The third kappa shape index (κ3) is 3.94. The molecule has 1 atom stereocenters. The van der Waals surface area contributed by atoms with Crippen molar-refractivity contribution in [2.24, 2.45) is 0 Å². The van der Waals surface area contributed by atoms with Crippen LogP contribution in [0.15, 0.2) is 17.8 Å². The number of H-pyrrole nitrogens is 1. The summed E-state index contributed by atoms with van der Waals surface area (Å²) in [5.74, 6) is -0.00137. The monoisotopic (exact) mass is 306 g/mol. The zero-order chi connectivity index (χ0) is 16.0. The number of allylic oxidation sites excluding steroid dienone is 1. The molecule has 0 aromatic carbocycles. The van der Waals surface area contributed by atoms with E-state index in [0.29, 0.717) is 18.7 Å². The Morgan fingerprint density at radius 2 is 2.18 bits per heavy atom. The number of rotatable bonds is 6. The first-order chi connectivity index (χ1) is 10.6. The largest absolute Gasteiger partial charge is 0.382 e. The highest BCUT2D eigenvalue weighted by Crippen LogP contribution is 2.30. The minimum atomic E-state index is -1.09. The van der Waals surface area contributed by atoms with Gasteiger partial charge < -0.3 is 10.0 Å². The normalized spacial score (nSPS) is 21.7. The molecular formula is C16H26N4O2. The van der Waals surface area contributed by atoms with Gasteiger partial charge in [0.1, 0.15) is 11.3 Å². The van der Waals surface area contributed by atoms with Crippen LogP contribution in [0, 0.1) is 0 Å². The summed E-state index contributed by atoms with van der Waals surface area (Å²) >= 11 is 0. The molecule has 0 radical (unpaired) electrons. The molecule has 1 saturated heterocycles. The molecule has 0 spiro atoms. The fourth-order valence-electron chi connectivity index (χ4n) is 3.04. The first kappa shape index (κ1) is 16.7. The number of aromatic amines is 1. The average molecular weight is 306 g/mol. The van der Waals surface area contributed by atoms with Crippen molar-refractivity contribution in [3.63, 3.8) is 0 Å². The number of likely N-dealkylation sites (tertiary alicyclic amines) is 1. The minimum absolute atomic E-state index is 0.00137. The maximum atomic E-state index is 12.5. The summed E-state index contributed by atoms with van der Waals surface area (Å²) < 4.78 is 0. The number of nitrogens with one attached hydrogen (secondary N) is 1. The Morgan fingerprint density at radius 3 is 2.77 bits per heavy atom. The highest BCUT2D eigenvalue weighted by molar-refractivity contribution is 5.88. The molecule has 1 amide bonds. The number of aromatic nitrogens is 3. The molecule has 1 unspecified atom stereocenters. The average Bonchev–Trinajstić information content (AvgIpc) is 3.03. The van der Waals surface area contributed by atoms with Gasteiger partial charge in [-0.15, -0.1) is 0 Å². The molecule has 1 aromatic rings. The van der Waals surface area contributed by atoms with Crippen molar-refractivity contribution in [2.75, 3.05) is 13.1 Å². The van der Waals surface area contributed by atoms with E-state index in [1.807, 2.05) is 0 Å². The Balaban J connectivity index is 2.08. The van der Waals surface area contributed by atoms with Crippen molar-refractivity contribution in [3.8, 4) is 0 Å². The van der Waals surface area contributed by atoms with Crippen LogP contribution in [-0.4, -0.2) is 44.4 Å². The van der Waals surface area contributed by atoms with E-state index in [0.717, 1.165) is 32.1 Å². The van der Waals surface area contributed by atoms with Gasteiger partial charge in [-0.2, -0.15) is 15.4 Å². The van der Waals surface area contributed by atoms with E-state index in [1.165, 1.54) is 11.8 Å². The number of amides is 1. The van der Waals surface area contributed by atoms with Crippen LogP contribution in [0.5, 0.6) is 0 Å². The molecule has 1 aliphatic heterocycles. The molecule has 2 N–H and O–H groups in total. The first-order valence-corrected chi connectivity index (χ1v) is 8.16. The van der Waals surface area contributed by atoms with Crippen molar-refractivity contribution in [2.45, 2.75) is 58.0 Å². The number of nitrogens with zero attached hydrogens (tertiary/aromatic N) is 3. The van der Waals surface area contributed by atoms with Crippen LogP contribution in [0.4, 0.5) is 0 Å². The first-order valence-electron chi connectivity index (χ1n) is 8.16. The van der Waals surface area contributed by atoms with Gasteiger partial charge in [-0.05, 0) is 25.7 Å². The van der Waals surface area contributed by atoms with Gasteiger partial charge in [-0.1, -0.05) is 32.3 Å². The van der Waals surface area contributed by atoms with Gasteiger partial charge in [-0.25, -0.2) is 0 Å². The molecule has 122 valence electrons. The highest BCUT2D eigenvalue weighted by atomic mass is 16.3. The molecule has 0 bridgehead atoms. The van der Waals surface area contributed by atoms with Gasteiger partial charge in [0.15, 0.2) is 0 Å². The smallest absolute Gasteiger partial charge is 0.246 e. The number of aliphatic hydroxyl groups is 1. The second-order valence-electron chi connectivity index (χ2n) is 6.05. The second-order valence-corrected chi connectivity index (χ2v) is 6.05. The zero-order valence-corrected chi connectivity index (χ0v) is 13.5. The zero-order valence-electron chi connectivity index (χ0n) is 13.5. The molecule has 6 heteroatoms. The van der Waals surface area contributed by atoms with Crippen LogP contribution in [0.1, 0.15) is 58.1 Å². The van der Waals surface area contributed by atoms with Crippen LogP contribution >= 0.6 is 0 Å². The fourth-order valence-corrected chi connectivity index (χ4v) is 3.04. The van der Waals surface area contributed by atoms with Crippen molar-refractivity contribution < 1.29 is 9.90 Å². The van der Waals surface area contributed by atoms with E-state index in [2.05, 4.69) is 29.3 Å². The summed E-state index contributed by atoms with van der Waals surface area (Å²) in [6.45, 7) is 5.21. The maximum absolute atomic E-state index is 12.5. The lowest BCUT2D eigenvalue weighted by atomic mass is 9.90. The lowest BCUT2D eigenvalue weighted by Gasteiger charge is -2.37. The van der Waals surface area contributed by atoms with Crippen molar-refractivity contribution >= 4 is 5.91 Å². The van der Waals surface area contributed by atoms with Crippen LogP contribution in [0.2, 0.25) is 0 Å². The quantitative estimate of drug-likeness (QED) is 0.789. The van der Waals surface area contributed by atoms with Gasteiger partial charge in [0.2, 0.25) is 5.91 Å². The predicted molar refractivity (Wildman–Crippen MR) is 84.0 cm³/mol. The van der Waals surface area contributed by atoms with Gasteiger partial charge >= 0.3 is 0 Å². The van der Waals surface area contributed by atoms with Gasteiger partial charge in [0, 0.05) is 12.6 Å². The summed E-state index contributed by atoms with van der Waals surface area (Å²) in [7, 11) is 0. The number of carbonyl (C=O) groups is 1. The summed E-state index contributed by atoms with van der Waals surface area (Å²) in [5.41, 5.74) is 0.617. The molecule has 1 fully saturated rings. The SMILES string of the molecule is CCCC(=CC(=O)N1CCCC(O)(c2cn[nH]n2)C1)CCC. The van der Waals surface area contributed by atoms with Crippen LogP contribution < -0.4 is 0 Å². The van der Waals surface area contributed by atoms with E-state index in [-0.39, 0.29) is 12.5 Å². The third-order valence-corrected chi connectivity index (χ3v) is 4.14. The summed E-state index contributed by atoms with van der Waals surface area (Å²) in [4.78, 5) is 14.2. The molecule has 1 aromatic heterocycles. The fraction of sp³-hybridized carbons (Fsp3) is 0.688. The summed E-state index contributed by atoms with van der Waals surface area (Å²) in [6.07, 6.45) is 8.67. The van der Waals surface area contributed by atoms with Crippen molar-refractivity contribution in [3.05, 3.63) is 23.5 Å². The number of hydrogen-bond donors (Lipinski definition) is 2. The molecule has 0 saturated carbocycles. The minimum Gasteiger partial charge on any atom is -0.382 e. The molecule has 22 heavy (non-hydrogen) atoms. The van der Waals surface area contributed by atoms with E-state index < -0.39 is 5.60 Å². The van der Waals surface area contributed by atoms with Gasteiger partial charge in [-0.3, -0.25) is 4.79 Å². The maximum Gasteiger partial charge on any atom is 0.246 e. The standard InChI is InChI=1S/C16H26N4O2/c1-3-6-13(7-4-2)10-15(21)20-9-5-8-16(22,12-20)14-11-17-19-18-14/h10-11,22H,3-9,12H2,1-2H3,(H,17,18,19). The van der Waals surface area contributed by atoms with E-state index >= 15 is 0 Å². The lowest BCUT2D eigenvalue weighted by molar-refractivity contribution is -0.133. The molecule has 0 aliphatic carbocycles. The molecular weight excluding hydrogens is 280 g/mol. The Bertz CT molecular complexity index is 504.